The zero-order chi connectivity index (χ0) is 14.3. The van der Waals surface area contributed by atoms with Gasteiger partial charge in [-0.15, -0.1) is 0 Å². The van der Waals surface area contributed by atoms with E-state index >= 15 is 0 Å². The maximum absolute atomic E-state index is 13.5. The molecule has 7 heteroatoms. The molecule has 0 atom stereocenters. The third-order valence-electron chi connectivity index (χ3n) is 2.37. The van der Waals surface area contributed by atoms with Gasteiger partial charge in [0.15, 0.2) is 11.6 Å². The molecule has 0 aliphatic heterocycles. The van der Waals surface area contributed by atoms with Gasteiger partial charge in [0.2, 0.25) is 10.0 Å². The average Bonchev–Trinajstić information content (AvgIpc) is 2.32. The molecule has 0 saturated heterocycles. The molecule has 0 saturated carbocycles. The number of benzene rings is 1. The van der Waals surface area contributed by atoms with Crippen LogP contribution in [0.3, 0.4) is 0 Å². The van der Waals surface area contributed by atoms with E-state index in [-0.39, 0.29) is 17.2 Å². The lowest BCUT2D eigenvalue weighted by molar-refractivity contribution is 0.321. The van der Waals surface area contributed by atoms with Crippen LogP contribution in [-0.4, -0.2) is 27.3 Å². The van der Waals surface area contributed by atoms with Crippen LogP contribution in [0.2, 0.25) is 0 Å². The van der Waals surface area contributed by atoms with Gasteiger partial charge in [-0.25, -0.2) is 12.8 Å². The predicted octanol–water partition coefficient (Wildman–Crippen LogP) is 1.71. The van der Waals surface area contributed by atoms with E-state index in [0.29, 0.717) is 26.0 Å². The molecule has 108 valence electrons. The molecule has 0 bridgehead atoms. The number of ether oxygens (including phenoxy) is 1. The summed E-state index contributed by atoms with van der Waals surface area (Å²) in [6.45, 7) is 2.54. The highest BCUT2D eigenvalue weighted by Crippen LogP contribution is 2.21. The van der Waals surface area contributed by atoms with Gasteiger partial charge < -0.3 is 10.5 Å². The topological polar surface area (TPSA) is 81.4 Å². The number of nitrogens with two attached hydrogens (primary N) is 1. The molecule has 3 N–H and O–H groups in total. The molecular weight excluding hydrogens is 271 g/mol. The van der Waals surface area contributed by atoms with Crippen LogP contribution in [0.5, 0.6) is 5.75 Å². The lowest BCUT2D eigenvalue weighted by atomic mass is 10.3. The van der Waals surface area contributed by atoms with Crippen molar-refractivity contribution in [2.45, 2.75) is 19.8 Å². The molecular formula is C12H19FN2O3S. The fourth-order valence-corrected chi connectivity index (χ4v) is 2.68. The summed E-state index contributed by atoms with van der Waals surface area (Å²) in [4.78, 5) is 0. The Morgan fingerprint density at radius 2 is 2.11 bits per heavy atom. The predicted molar refractivity (Wildman–Crippen MR) is 73.3 cm³/mol. The van der Waals surface area contributed by atoms with Crippen molar-refractivity contribution in [2.75, 3.05) is 23.6 Å². The van der Waals surface area contributed by atoms with Gasteiger partial charge in [0.1, 0.15) is 0 Å². The Bertz CT molecular complexity index is 506. The van der Waals surface area contributed by atoms with Crippen molar-refractivity contribution in [3.8, 4) is 5.75 Å². The number of anilines is 1. The van der Waals surface area contributed by atoms with E-state index in [0.717, 1.165) is 6.07 Å². The minimum Gasteiger partial charge on any atom is -0.491 e. The third-order valence-corrected chi connectivity index (χ3v) is 3.75. The van der Waals surface area contributed by atoms with Crippen LogP contribution in [0.1, 0.15) is 19.8 Å². The lowest BCUT2D eigenvalue weighted by Gasteiger charge is -2.09. The normalized spacial score (nSPS) is 11.3. The molecule has 1 aromatic carbocycles. The van der Waals surface area contributed by atoms with Crippen molar-refractivity contribution in [1.29, 1.82) is 0 Å². The van der Waals surface area contributed by atoms with E-state index in [4.69, 9.17) is 10.5 Å². The van der Waals surface area contributed by atoms with Gasteiger partial charge in [-0.2, -0.15) is 0 Å². The summed E-state index contributed by atoms with van der Waals surface area (Å²) in [7, 11) is -3.46. The Labute approximate surface area is 113 Å². The summed E-state index contributed by atoms with van der Waals surface area (Å²) in [5.41, 5.74) is 5.49. The average molecular weight is 290 g/mol. The second-order valence-corrected chi connectivity index (χ2v) is 5.84. The minimum absolute atomic E-state index is 0.0287. The molecule has 0 heterocycles. The SMILES string of the molecule is CCOc1ccc(NS(=O)(=O)CCCCN)cc1F. The van der Waals surface area contributed by atoms with Crippen LogP contribution in [0.25, 0.3) is 0 Å². The van der Waals surface area contributed by atoms with Crippen LogP contribution in [0, 0.1) is 5.82 Å². The van der Waals surface area contributed by atoms with Gasteiger partial charge in [-0.1, -0.05) is 0 Å². The first kappa shape index (κ1) is 15.7. The van der Waals surface area contributed by atoms with Crippen LogP contribution in [-0.2, 0) is 10.0 Å². The Hall–Kier alpha value is -1.34. The molecule has 0 aliphatic carbocycles. The fraction of sp³-hybridized carbons (Fsp3) is 0.500. The Morgan fingerprint density at radius 1 is 1.37 bits per heavy atom. The summed E-state index contributed by atoms with van der Waals surface area (Å²) in [5, 5.41) is 0. The fourth-order valence-electron chi connectivity index (χ4n) is 1.50. The smallest absolute Gasteiger partial charge is 0.232 e. The molecule has 0 fully saturated rings. The molecule has 0 spiro atoms. The molecule has 19 heavy (non-hydrogen) atoms. The van der Waals surface area contributed by atoms with E-state index in [1.54, 1.807) is 6.92 Å². The summed E-state index contributed by atoms with van der Waals surface area (Å²) in [6.07, 6.45) is 1.11. The molecule has 0 unspecified atom stereocenters. The van der Waals surface area contributed by atoms with Crippen LogP contribution in [0.15, 0.2) is 18.2 Å². The van der Waals surface area contributed by atoms with E-state index in [1.807, 2.05) is 0 Å². The van der Waals surface area contributed by atoms with Crippen molar-refractivity contribution in [3.63, 3.8) is 0 Å². The first-order valence-electron chi connectivity index (χ1n) is 6.11. The van der Waals surface area contributed by atoms with Crippen molar-refractivity contribution in [3.05, 3.63) is 24.0 Å². The van der Waals surface area contributed by atoms with Crippen molar-refractivity contribution in [1.82, 2.24) is 0 Å². The standard InChI is InChI=1S/C12H19FN2O3S/c1-2-18-12-6-5-10(9-11(12)13)15-19(16,17)8-4-3-7-14/h5-6,9,15H,2-4,7-8,14H2,1H3. The number of rotatable bonds is 8. The summed E-state index contributed by atoms with van der Waals surface area (Å²) in [6, 6.07) is 3.97. The van der Waals surface area contributed by atoms with E-state index in [2.05, 4.69) is 4.72 Å². The van der Waals surface area contributed by atoms with Crippen LogP contribution >= 0.6 is 0 Å². The number of nitrogens with one attached hydrogen (secondary N) is 1. The quantitative estimate of drug-likeness (QED) is 0.714. The highest BCUT2D eigenvalue weighted by atomic mass is 32.2. The molecule has 0 aliphatic rings. The number of halogens is 1. The van der Waals surface area contributed by atoms with Crippen LogP contribution in [0.4, 0.5) is 10.1 Å². The van der Waals surface area contributed by atoms with Gasteiger partial charge in [0.25, 0.3) is 0 Å². The number of hydrogen-bond acceptors (Lipinski definition) is 4. The maximum Gasteiger partial charge on any atom is 0.232 e. The Morgan fingerprint density at radius 3 is 2.68 bits per heavy atom. The molecule has 1 rings (SSSR count). The van der Waals surface area contributed by atoms with Gasteiger partial charge >= 0.3 is 0 Å². The van der Waals surface area contributed by atoms with E-state index in [9.17, 15) is 12.8 Å². The zero-order valence-electron chi connectivity index (χ0n) is 10.9. The largest absolute Gasteiger partial charge is 0.491 e. The van der Waals surface area contributed by atoms with Crippen molar-refractivity contribution in [2.24, 2.45) is 5.73 Å². The summed E-state index contributed by atoms with van der Waals surface area (Å²) < 4.78 is 44.3. The van der Waals surface area contributed by atoms with Gasteiger partial charge in [0, 0.05) is 6.07 Å². The molecule has 1 aromatic rings. The highest BCUT2D eigenvalue weighted by molar-refractivity contribution is 7.92. The lowest BCUT2D eigenvalue weighted by Crippen LogP contribution is -2.17. The Kier molecular flexibility index (Phi) is 6.04. The molecule has 0 radical (unpaired) electrons. The van der Waals surface area contributed by atoms with E-state index < -0.39 is 15.8 Å². The number of unbranched alkanes of at least 4 members (excludes halogenated alkanes) is 1. The van der Waals surface area contributed by atoms with Crippen molar-refractivity contribution >= 4 is 15.7 Å². The molecule has 5 nitrogen and oxygen atoms in total. The molecule has 0 amide bonds. The number of hydrogen-bond donors (Lipinski definition) is 2. The summed E-state index contributed by atoms with van der Waals surface area (Å²) in [5.74, 6) is -0.517. The third kappa shape index (κ3) is 5.44. The van der Waals surface area contributed by atoms with Crippen molar-refractivity contribution < 1.29 is 17.5 Å². The Balaban J connectivity index is 2.69. The first-order chi connectivity index (χ1) is 8.98. The number of sulfonamides is 1. The van der Waals surface area contributed by atoms with E-state index in [1.165, 1.54) is 12.1 Å². The maximum atomic E-state index is 13.5. The van der Waals surface area contributed by atoms with Crippen LogP contribution < -0.4 is 15.2 Å². The second-order valence-electron chi connectivity index (χ2n) is 3.99. The highest BCUT2D eigenvalue weighted by Gasteiger charge is 2.11. The van der Waals surface area contributed by atoms with Gasteiger partial charge in [-0.3, -0.25) is 4.72 Å². The minimum atomic E-state index is -3.46. The summed E-state index contributed by atoms with van der Waals surface area (Å²) >= 11 is 0. The monoisotopic (exact) mass is 290 g/mol. The first-order valence-corrected chi connectivity index (χ1v) is 7.76. The zero-order valence-corrected chi connectivity index (χ0v) is 11.7. The second kappa shape index (κ2) is 7.30. The van der Waals surface area contributed by atoms with Gasteiger partial charge in [-0.05, 0) is 38.4 Å². The molecule has 0 aromatic heterocycles. The van der Waals surface area contributed by atoms with Gasteiger partial charge in [0.05, 0.1) is 18.0 Å².